The normalized spacial score (nSPS) is 17.2. The predicted octanol–water partition coefficient (Wildman–Crippen LogP) is 5.27. The lowest BCUT2D eigenvalue weighted by Crippen LogP contribution is -2.32. The van der Waals surface area contributed by atoms with Crippen molar-refractivity contribution in [2.75, 3.05) is 30.0 Å². The Balaban J connectivity index is 1.62. The number of hydrogen-bond acceptors (Lipinski definition) is 6. The number of benzene rings is 2. The summed E-state index contributed by atoms with van der Waals surface area (Å²) in [6, 6.07) is 9.41. The third kappa shape index (κ3) is 4.41. The summed E-state index contributed by atoms with van der Waals surface area (Å²) in [5, 5.41) is 0. The van der Waals surface area contributed by atoms with Crippen molar-refractivity contribution in [3.63, 3.8) is 0 Å². The molecule has 3 heterocycles. The Morgan fingerprint density at radius 1 is 1.05 bits per heavy atom. The Morgan fingerprint density at radius 3 is 2.50 bits per heavy atom. The molecule has 1 atom stereocenters. The Labute approximate surface area is 211 Å². The summed E-state index contributed by atoms with van der Waals surface area (Å²) in [5.74, 6) is -5.43. The molecule has 0 bridgehead atoms. The fraction of sp³-hybridized carbons (Fsp3) is 0.280. The van der Waals surface area contributed by atoms with E-state index in [1.807, 2.05) is 0 Å². The molecule has 2 aromatic carbocycles. The van der Waals surface area contributed by atoms with Gasteiger partial charge in [0.2, 0.25) is 5.91 Å². The number of rotatable bonds is 4. The monoisotopic (exact) mass is 540 g/mol. The van der Waals surface area contributed by atoms with Crippen LogP contribution >= 0.6 is 0 Å². The highest BCUT2D eigenvalue weighted by Crippen LogP contribution is 2.48. The summed E-state index contributed by atoms with van der Waals surface area (Å²) in [6.45, 7) is 0.0765. The summed E-state index contributed by atoms with van der Waals surface area (Å²) in [7, 11) is 1.71. The minimum absolute atomic E-state index is 0.0749. The number of anilines is 2. The van der Waals surface area contributed by atoms with Crippen molar-refractivity contribution in [1.29, 1.82) is 0 Å². The molecule has 1 aromatic heterocycles. The van der Waals surface area contributed by atoms with E-state index in [4.69, 9.17) is 13.9 Å². The maximum Gasteiger partial charge on any atom is 0.491 e. The van der Waals surface area contributed by atoms with Gasteiger partial charge in [-0.1, -0.05) is 18.2 Å². The highest BCUT2D eigenvalue weighted by atomic mass is 19.4. The Hall–Kier alpha value is -4.16. The van der Waals surface area contributed by atoms with E-state index >= 15 is 0 Å². The van der Waals surface area contributed by atoms with Gasteiger partial charge in [-0.2, -0.15) is 26.3 Å². The van der Waals surface area contributed by atoms with Crippen LogP contribution in [0.1, 0.15) is 28.4 Å². The molecular weight excluding hydrogens is 522 g/mol. The van der Waals surface area contributed by atoms with Crippen LogP contribution < -0.4 is 19.3 Å². The zero-order valence-corrected chi connectivity index (χ0v) is 19.5. The Bertz CT molecular complexity index is 1410. The second-order valence-electron chi connectivity index (χ2n) is 8.69. The average Bonchev–Trinajstić information content (AvgIpc) is 3.42. The lowest BCUT2D eigenvalue weighted by atomic mass is 9.91. The first kappa shape index (κ1) is 25.5. The number of para-hydroxylation sites is 1. The lowest BCUT2D eigenvalue weighted by molar-refractivity contribution is -0.189. The van der Waals surface area contributed by atoms with E-state index in [-0.39, 0.29) is 23.6 Å². The van der Waals surface area contributed by atoms with E-state index in [0.717, 1.165) is 23.3 Å². The van der Waals surface area contributed by atoms with Crippen LogP contribution in [-0.2, 0) is 22.3 Å². The van der Waals surface area contributed by atoms with E-state index in [1.165, 1.54) is 18.2 Å². The third-order valence-electron chi connectivity index (χ3n) is 6.34. The number of carbonyl (C=O) groups is 2. The van der Waals surface area contributed by atoms with Gasteiger partial charge in [-0.15, -0.1) is 0 Å². The zero-order valence-electron chi connectivity index (χ0n) is 19.5. The van der Waals surface area contributed by atoms with Gasteiger partial charge < -0.3 is 23.7 Å². The summed E-state index contributed by atoms with van der Waals surface area (Å²) < 4.78 is 94.8. The highest BCUT2D eigenvalue weighted by molar-refractivity contribution is 6.07. The van der Waals surface area contributed by atoms with Crippen LogP contribution in [-0.4, -0.2) is 38.3 Å². The van der Waals surface area contributed by atoms with Crippen molar-refractivity contribution in [1.82, 2.24) is 0 Å². The van der Waals surface area contributed by atoms with Gasteiger partial charge in [0, 0.05) is 24.4 Å². The molecule has 0 saturated carbocycles. The van der Waals surface area contributed by atoms with Crippen LogP contribution in [0.2, 0.25) is 0 Å². The molecule has 0 N–H and O–H groups in total. The third-order valence-corrected chi connectivity index (χ3v) is 6.34. The zero-order chi connectivity index (χ0) is 27.4. The number of halogens is 6. The predicted molar refractivity (Wildman–Crippen MR) is 120 cm³/mol. The van der Waals surface area contributed by atoms with Gasteiger partial charge in [-0.05, 0) is 23.8 Å². The molecule has 13 heteroatoms. The van der Waals surface area contributed by atoms with E-state index in [0.29, 0.717) is 17.8 Å². The molecule has 0 radical (unpaired) electrons. The molecule has 0 fully saturated rings. The SMILES string of the molecule is CN1CCOc2cc(OC(=O)C(F)(F)F)c(C3C(=O)N(Cc4occc4C(F)(F)F)c4ccccc43)cc21. The minimum atomic E-state index is -5.32. The summed E-state index contributed by atoms with van der Waals surface area (Å²) in [5.41, 5.74) is -0.149. The molecule has 38 heavy (non-hydrogen) atoms. The van der Waals surface area contributed by atoms with E-state index in [2.05, 4.69) is 0 Å². The fourth-order valence-corrected chi connectivity index (χ4v) is 4.57. The molecule has 2 aliphatic rings. The maximum atomic E-state index is 13.7. The highest BCUT2D eigenvalue weighted by Gasteiger charge is 2.45. The number of fused-ring (bicyclic) bond motifs is 2. The number of alkyl halides is 6. The smallest absolute Gasteiger partial charge is 0.489 e. The largest absolute Gasteiger partial charge is 0.491 e. The van der Waals surface area contributed by atoms with Gasteiger partial charge in [0.1, 0.15) is 23.9 Å². The van der Waals surface area contributed by atoms with E-state index in [9.17, 15) is 35.9 Å². The second kappa shape index (κ2) is 8.99. The average molecular weight is 540 g/mol. The minimum Gasteiger partial charge on any atom is -0.489 e. The molecule has 0 spiro atoms. The van der Waals surface area contributed by atoms with Crippen molar-refractivity contribution in [3.8, 4) is 11.5 Å². The molecular formula is C25H18F6N2O5. The van der Waals surface area contributed by atoms with E-state index in [1.54, 1.807) is 24.1 Å². The number of carbonyl (C=O) groups excluding carboxylic acids is 2. The van der Waals surface area contributed by atoms with Crippen molar-refractivity contribution >= 4 is 23.3 Å². The molecule has 200 valence electrons. The van der Waals surface area contributed by atoms with Gasteiger partial charge in [-0.25, -0.2) is 4.79 Å². The van der Waals surface area contributed by atoms with Gasteiger partial charge in [0.05, 0.1) is 36.5 Å². The van der Waals surface area contributed by atoms with Crippen LogP contribution in [0.15, 0.2) is 53.1 Å². The standard InChI is InChI=1S/C25H18F6N2O5/c1-32-7-9-37-19-11-18(38-23(35)25(29,30)31)14(10-17(19)32)21-13-4-2-3-5-16(13)33(22(21)34)12-20-15(6-8-36-20)24(26,27)28/h2-6,8,10-11,21H,7,9,12H2,1H3. The molecule has 1 amide bonds. The van der Waals surface area contributed by atoms with Gasteiger partial charge in [0.15, 0.2) is 0 Å². The van der Waals surface area contributed by atoms with Crippen LogP contribution in [0.5, 0.6) is 11.5 Å². The summed E-state index contributed by atoms with van der Waals surface area (Å²) >= 11 is 0. The molecule has 0 saturated heterocycles. The summed E-state index contributed by atoms with van der Waals surface area (Å²) in [4.78, 5) is 28.3. The molecule has 3 aromatic rings. The molecule has 0 aliphatic carbocycles. The first-order valence-electron chi connectivity index (χ1n) is 11.2. The topological polar surface area (TPSA) is 72.2 Å². The Kier molecular flexibility index (Phi) is 6.03. The number of hydrogen-bond donors (Lipinski definition) is 0. The number of likely N-dealkylation sites (N-methyl/N-ethyl adjacent to an activating group) is 1. The Morgan fingerprint density at radius 2 is 1.79 bits per heavy atom. The van der Waals surface area contributed by atoms with Crippen molar-refractivity contribution in [2.45, 2.75) is 24.8 Å². The van der Waals surface area contributed by atoms with E-state index < -0.39 is 53.8 Å². The fourth-order valence-electron chi connectivity index (χ4n) is 4.57. The van der Waals surface area contributed by atoms with Gasteiger partial charge in [-0.3, -0.25) is 4.79 Å². The number of amides is 1. The number of esters is 1. The molecule has 1 unspecified atom stereocenters. The van der Waals surface area contributed by atoms with Crippen molar-refractivity contribution < 1.29 is 49.8 Å². The first-order chi connectivity index (χ1) is 17.9. The first-order valence-corrected chi connectivity index (χ1v) is 11.2. The van der Waals surface area contributed by atoms with Crippen LogP contribution in [0.3, 0.4) is 0 Å². The lowest BCUT2D eigenvalue weighted by Gasteiger charge is -2.29. The second-order valence-corrected chi connectivity index (χ2v) is 8.69. The summed E-state index contributed by atoms with van der Waals surface area (Å²) in [6.07, 6.45) is -9.19. The molecule has 7 nitrogen and oxygen atoms in total. The van der Waals surface area contributed by atoms with Crippen LogP contribution in [0.4, 0.5) is 37.7 Å². The van der Waals surface area contributed by atoms with Crippen molar-refractivity contribution in [2.24, 2.45) is 0 Å². The molecule has 5 rings (SSSR count). The molecule has 2 aliphatic heterocycles. The van der Waals surface area contributed by atoms with Crippen LogP contribution in [0.25, 0.3) is 0 Å². The quantitative estimate of drug-likeness (QED) is 0.255. The number of nitrogens with zero attached hydrogens (tertiary/aromatic N) is 2. The van der Waals surface area contributed by atoms with Crippen LogP contribution in [0, 0.1) is 0 Å². The number of ether oxygens (including phenoxy) is 2. The van der Waals surface area contributed by atoms with Crippen molar-refractivity contribution in [3.05, 3.63) is 71.2 Å². The van der Waals surface area contributed by atoms with Gasteiger partial charge >= 0.3 is 18.3 Å². The number of furan rings is 1. The van der Waals surface area contributed by atoms with Gasteiger partial charge in [0.25, 0.3) is 0 Å². The maximum absolute atomic E-state index is 13.7.